The number of aryl methyl sites for hydroxylation is 2. The van der Waals surface area contributed by atoms with Gasteiger partial charge in [-0.3, -0.25) is 0 Å². The second kappa shape index (κ2) is 19.5. The minimum absolute atomic E-state index is 1.19. The molecule has 0 aliphatic heterocycles. The number of unbranched alkanes of at least 4 members (excludes halogenated alkanes) is 17. The van der Waals surface area contributed by atoms with Crippen LogP contribution >= 0.6 is 0 Å². The van der Waals surface area contributed by atoms with E-state index < -0.39 is 0 Å². The molecule has 0 amide bonds. The van der Waals surface area contributed by atoms with Gasteiger partial charge in [-0.2, -0.15) is 0 Å². The maximum Gasteiger partial charge on any atom is 0.243 e. The third-order valence-corrected chi connectivity index (χ3v) is 6.04. The summed E-state index contributed by atoms with van der Waals surface area (Å²) in [6.45, 7) is 6.97. The molecule has 0 aromatic carbocycles. The number of rotatable bonds is 21. The Morgan fingerprint density at radius 1 is 0.536 bits per heavy atom. The molecule has 0 bridgehead atoms. The molecule has 0 aliphatic rings. The second-order valence-electron chi connectivity index (χ2n) is 8.90. The van der Waals surface area contributed by atoms with Crippen LogP contribution in [0.15, 0.2) is 18.7 Å². The fourth-order valence-corrected chi connectivity index (χ4v) is 4.09. The molecule has 0 aliphatic carbocycles. The lowest BCUT2D eigenvalue weighted by molar-refractivity contribution is -0.696. The minimum Gasteiger partial charge on any atom is -0.237 e. The standard InChI is InChI=1S/C26H51N2/c1-3-5-7-9-10-11-12-13-14-15-16-17-19-21-23-28-25-24-27(26-28)22-20-18-8-6-4-2/h24-26H,3-23H2,1-2H3/q+1. The summed E-state index contributed by atoms with van der Waals surface area (Å²) in [5.74, 6) is 0. The van der Waals surface area contributed by atoms with E-state index in [4.69, 9.17) is 0 Å². The highest BCUT2D eigenvalue weighted by molar-refractivity contribution is 4.66. The Kier molecular flexibility index (Phi) is 17.6. The van der Waals surface area contributed by atoms with Crippen molar-refractivity contribution in [2.45, 2.75) is 149 Å². The maximum absolute atomic E-state index is 2.38. The van der Waals surface area contributed by atoms with Gasteiger partial charge in [0.05, 0.1) is 13.1 Å². The molecule has 164 valence electrons. The summed E-state index contributed by atoms with van der Waals surface area (Å²) in [4.78, 5) is 0. The zero-order valence-electron chi connectivity index (χ0n) is 19.5. The molecule has 1 rings (SSSR count). The van der Waals surface area contributed by atoms with Gasteiger partial charge in [0, 0.05) is 0 Å². The number of hydrogen-bond acceptors (Lipinski definition) is 0. The van der Waals surface area contributed by atoms with Crippen molar-refractivity contribution in [2.75, 3.05) is 0 Å². The summed E-state index contributed by atoms with van der Waals surface area (Å²) in [6.07, 6.45) is 33.8. The Bertz CT molecular complexity index is 424. The van der Waals surface area contributed by atoms with Crippen molar-refractivity contribution in [3.05, 3.63) is 18.7 Å². The molecule has 0 radical (unpaired) electrons. The van der Waals surface area contributed by atoms with Crippen molar-refractivity contribution in [3.63, 3.8) is 0 Å². The number of hydrogen-bond donors (Lipinski definition) is 0. The van der Waals surface area contributed by atoms with Crippen molar-refractivity contribution in [1.82, 2.24) is 4.57 Å². The Morgan fingerprint density at radius 3 is 1.46 bits per heavy atom. The molecule has 0 fully saturated rings. The van der Waals surface area contributed by atoms with Crippen molar-refractivity contribution < 1.29 is 4.57 Å². The van der Waals surface area contributed by atoms with Crippen LogP contribution in [0.25, 0.3) is 0 Å². The van der Waals surface area contributed by atoms with Gasteiger partial charge in [-0.1, -0.05) is 110 Å². The van der Waals surface area contributed by atoms with Crippen molar-refractivity contribution in [2.24, 2.45) is 0 Å². The predicted octanol–water partition coefficient (Wildman–Crippen LogP) is 8.23. The molecule has 2 nitrogen and oxygen atoms in total. The normalized spacial score (nSPS) is 11.4. The van der Waals surface area contributed by atoms with E-state index in [9.17, 15) is 0 Å². The van der Waals surface area contributed by atoms with Crippen LogP contribution in [0.2, 0.25) is 0 Å². The van der Waals surface area contributed by atoms with Crippen LogP contribution in [0, 0.1) is 0 Å². The van der Waals surface area contributed by atoms with Gasteiger partial charge in [-0.15, -0.1) is 0 Å². The van der Waals surface area contributed by atoms with Gasteiger partial charge < -0.3 is 0 Å². The lowest BCUT2D eigenvalue weighted by Gasteiger charge is -2.03. The van der Waals surface area contributed by atoms with E-state index in [0.29, 0.717) is 0 Å². The lowest BCUT2D eigenvalue weighted by Crippen LogP contribution is -2.30. The summed E-state index contributed by atoms with van der Waals surface area (Å²) in [5.41, 5.74) is 0. The average Bonchev–Trinajstić information content (AvgIpc) is 3.16. The van der Waals surface area contributed by atoms with Crippen molar-refractivity contribution in [1.29, 1.82) is 0 Å². The zero-order valence-corrected chi connectivity index (χ0v) is 19.5. The predicted molar refractivity (Wildman–Crippen MR) is 124 cm³/mol. The van der Waals surface area contributed by atoms with E-state index in [2.05, 4.69) is 41.7 Å². The van der Waals surface area contributed by atoms with Gasteiger partial charge in [-0.05, 0) is 25.7 Å². The average molecular weight is 392 g/mol. The molecular weight excluding hydrogens is 340 g/mol. The summed E-state index contributed by atoms with van der Waals surface area (Å²) in [6, 6.07) is 0. The molecule has 1 heterocycles. The smallest absolute Gasteiger partial charge is 0.237 e. The first kappa shape index (κ1) is 25.2. The summed E-state index contributed by atoms with van der Waals surface area (Å²) >= 11 is 0. The van der Waals surface area contributed by atoms with Crippen LogP contribution in [0.4, 0.5) is 0 Å². The fraction of sp³-hybridized carbons (Fsp3) is 0.885. The van der Waals surface area contributed by atoms with Crippen LogP contribution in [-0.2, 0) is 13.1 Å². The molecule has 0 unspecified atom stereocenters. The van der Waals surface area contributed by atoms with Gasteiger partial charge in [0.25, 0.3) is 0 Å². The molecule has 1 aromatic heterocycles. The Balaban J connectivity index is 1.84. The third-order valence-electron chi connectivity index (χ3n) is 6.04. The van der Waals surface area contributed by atoms with Crippen LogP contribution < -0.4 is 4.57 Å². The van der Waals surface area contributed by atoms with E-state index in [-0.39, 0.29) is 0 Å². The molecule has 0 spiro atoms. The zero-order chi connectivity index (χ0) is 20.1. The monoisotopic (exact) mass is 391 g/mol. The summed E-state index contributed by atoms with van der Waals surface area (Å²) in [5, 5.41) is 0. The first-order chi connectivity index (χ1) is 13.9. The molecule has 0 saturated heterocycles. The van der Waals surface area contributed by atoms with Gasteiger partial charge in [0.1, 0.15) is 12.4 Å². The SMILES string of the molecule is CCCCCCCCCCCCCCCC[n+]1ccn(CCCCCCC)c1. The van der Waals surface area contributed by atoms with E-state index in [1.807, 2.05) is 0 Å². The Morgan fingerprint density at radius 2 is 0.964 bits per heavy atom. The van der Waals surface area contributed by atoms with Gasteiger partial charge in [0.2, 0.25) is 6.33 Å². The first-order valence-corrected chi connectivity index (χ1v) is 12.9. The number of nitrogens with zero attached hydrogens (tertiary/aromatic N) is 2. The molecule has 2 heteroatoms. The van der Waals surface area contributed by atoms with E-state index >= 15 is 0 Å². The van der Waals surface area contributed by atoms with Crippen LogP contribution in [-0.4, -0.2) is 4.57 Å². The van der Waals surface area contributed by atoms with E-state index in [1.165, 1.54) is 135 Å². The highest BCUT2D eigenvalue weighted by Crippen LogP contribution is 2.13. The molecular formula is C26H51N2+. The molecule has 0 N–H and O–H groups in total. The molecule has 0 atom stereocenters. The summed E-state index contributed by atoms with van der Waals surface area (Å²) < 4.78 is 4.75. The summed E-state index contributed by atoms with van der Waals surface area (Å²) in [7, 11) is 0. The Hall–Kier alpha value is -0.790. The minimum atomic E-state index is 1.19. The lowest BCUT2D eigenvalue weighted by atomic mass is 10.0. The van der Waals surface area contributed by atoms with Crippen LogP contribution in [0.3, 0.4) is 0 Å². The second-order valence-corrected chi connectivity index (χ2v) is 8.90. The highest BCUT2D eigenvalue weighted by atomic mass is 15.1. The van der Waals surface area contributed by atoms with Crippen LogP contribution in [0.5, 0.6) is 0 Å². The largest absolute Gasteiger partial charge is 0.243 e. The number of aromatic nitrogens is 2. The first-order valence-electron chi connectivity index (χ1n) is 12.9. The quantitative estimate of drug-likeness (QED) is 0.147. The highest BCUT2D eigenvalue weighted by Gasteiger charge is 2.03. The topological polar surface area (TPSA) is 8.81 Å². The maximum atomic E-state index is 2.38. The Labute approximate surface area is 177 Å². The van der Waals surface area contributed by atoms with Crippen LogP contribution in [0.1, 0.15) is 136 Å². The van der Waals surface area contributed by atoms with E-state index in [0.717, 1.165) is 0 Å². The fourth-order valence-electron chi connectivity index (χ4n) is 4.09. The molecule has 28 heavy (non-hydrogen) atoms. The van der Waals surface area contributed by atoms with Crippen molar-refractivity contribution >= 4 is 0 Å². The third kappa shape index (κ3) is 15.2. The van der Waals surface area contributed by atoms with Crippen molar-refractivity contribution in [3.8, 4) is 0 Å². The van der Waals surface area contributed by atoms with Gasteiger partial charge >= 0.3 is 0 Å². The number of imidazole rings is 1. The molecule has 0 saturated carbocycles. The van der Waals surface area contributed by atoms with E-state index in [1.54, 1.807) is 0 Å². The van der Waals surface area contributed by atoms with Gasteiger partial charge in [-0.25, -0.2) is 9.13 Å². The molecule has 1 aromatic rings. The van der Waals surface area contributed by atoms with Gasteiger partial charge in [0.15, 0.2) is 0 Å².